The molecule has 2 unspecified atom stereocenters. The van der Waals surface area contributed by atoms with E-state index in [9.17, 15) is 9.90 Å². The summed E-state index contributed by atoms with van der Waals surface area (Å²) in [5.74, 6) is 0.752. The van der Waals surface area contributed by atoms with E-state index in [2.05, 4.69) is 22.4 Å². The monoisotopic (exact) mass is 368 g/mol. The lowest BCUT2D eigenvalue weighted by Crippen LogP contribution is -2.32. The lowest BCUT2D eigenvalue weighted by molar-refractivity contribution is -0.123. The van der Waals surface area contributed by atoms with E-state index in [1.807, 2.05) is 24.3 Å². The van der Waals surface area contributed by atoms with E-state index >= 15 is 0 Å². The number of rotatable bonds is 7. The van der Waals surface area contributed by atoms with Gasteiger partial charge in [0.25, 0.3) is 0 Å². The lowest BCUT2D eigenvalue weighted by Gasteiger charge is -2.17. The quantitative estimate of drug-likeness (QED) is 0.783. The third kappa shape index (κ3) is 4.28. The molecule has 0 radical (unpaired) electrons. The van der Waals surface area contributed by atoms with Crippen LogP contribution >= 0.6 is 0 Å². The molecule has 0 spiro atoms. The predicted molar refractivity (Wildman–Crippen MR) is 99.3 cm³/mol. The van der Waals surface area contributed by atoms with Gasteiger partial charge in [-0.1, -0.05) is 30.3 Å². The van der Waals surface area contributed by atoms with Crippen molar-refractivity contribution in [3.8, 4) is 5.88 Å². The largest absolute Gasteiger partial charge is 0.472 e. The number of carbonyl (C=O) groups is 1. The molecular formula is C21H24N2O4. The number of nitrogens with zero attached hydrogens (tertiary/aromatic N) is 1. The minimum Gasteiger partial charge on any atom is -0.472 e. The number of aliphatic hydroxyl groups excluding tert-OH is 1. The summed E-state index contributed by atoms with van der Waals surface area (Å²) in [6.45, 7) is 1.13. The Labute approximate surface area is 158 Å². The van der Waals surface area contributed by atoms with Gasteiger partial charge in [0, 0.05) is 24.6 Å². The van der Waals surface area contributed by atoms with Gasteiger partial charge in [-0.25, -0.2) is 4.98 Å². The fourth-order valence-corrected chi connectivity index (χ4v) is 3.51. The van der Waals surface area contributed by atoms with E-state index in [0.29, 0.717) is 19.1 Å². The number of aliphatic hydroxyl groups is 1. The zero-order chi connectivity index (χ0) is 18.6. The van der Waals surface area contributed by atoms with Crippen LogP contribution in [-0.4, -0.2) is 41.9 Å². The van der Waals surface area contributed by atoms with Crippen LogP contribution in [0.5, 0.6) is 5.88 Å². The molecule has 142 valence electrons. The Hall–Kier alpha value is -2.44. The SMILES string of the molecule is O=C(N[C@@H](CO)c1ccc(O[C@H]2CCOC2)nc1)C1CC1c1ccccc1. The number of aromatic nitrogens is 1. The van der Waals surface area contributed by atoms with Gasteiger partial charge in [0.15, 0.2) is 0 Å². The van der Waals surface area contributed by atoms with Gasteiger partial charge in [-0.05, 0) is 29.5 Å². The molecule has 1 aromatic carbocycles. The number of ether oxygens (including phenoxy) is 2. The van der Waals surface area contributed by atoms with Crippen molar-refractivity contribution in [3.05, 3.63) is 59.8 Å². The minimum absolute atomic E-state index is 0.0219. The molecule has 4 rings (SSSR count). The van der Waals surface area contributed by atoms with E-state index in [1.54, 1.807) is 12.3 Å². The van der Waals surface area contributed by atoms with Gasteiger partial charge in [-0.15, -0.1) is 0 Å². The summed E-state index contributed by atoms with van der Waals surface area (Å²) >= 11 is 0. The van der Waals surface area contributed by atoms with Crippen LogP contribution < -0.4 is 10.1 Å². The number of pyridine rings is 1. The van der Waals surface area contributed by atoms with Crippen LogP contribution in [0.15, 0.2) is 48.7 Å². The average molecular weight is 368 g/mol. The second-order valence-electron chi connectivity index (χ2n) is 7.14. The summed E-state index contributed by atoms with van der Waals surface area (Å²) in [5.41, 5.74) is 1.95. The molecule has 6 nitrogen and oxygen atoms in total. The first-order valence-corrected chi connectivity index (χ1v) is 9.41. The fourth-order valence-electron chi connectivity index (χ4n) is 3.51. The average Bonchev–Trinajstić information content (AvgIpc) is 3.36. The van der Waals surface area contributed by atoms with Crippen molar-refractivity contribution < 1.29 is 19.4 Å². The third-order valence-corrected chi connectivity index (χ3v) is 5.19. The van der Waals surface area contributed by atoms with Crippen LogP contribution in [0.2, 0.25) is 0 Å². The number of amides is 1. The van der Waals surface area contributed by atoms with Gasteiger partial charge >= 0.3 is 0 Å². The molecule has 1 aromatic heterocycles. The zero-order valence-corrected chi connectivity index (χ0v) is 15.1. The molecule has 1 amide bonds. The Morgan fingerprint density at radius 3 is 2.81 bits per heavy atom. The molecule has 2 fully saturated rings. The van der Waals surface area contributed by atoms with Gasteiger partial charge in [0.1, 0.15) is 6.10 Å². The Morgan fingerprint density at radius 1 is 1.30 bits per heavy atom. The summed E-state index contributed by atoms with van der Waals surface area (Å²) in [6, 6.07) is 13.2. The molecule has 2 aliphatic rings. The molecule has 4 atom stereocenters. The van der Waals surface area contributed by atoms with E-state index in [0.717, 1.165) is 18.4 Å². The Bertz CT molecular complexity index is 760. The normalized spacial score (nSPS) is 25.0. The van der Waals surface area contributed by atoms with Crippen LogP contribution in [0.4, 0.5) is 0 Å². The molecule has 6 heteroatoms. The summed E-state index contributed by atoms with van der Waals surface area (Å²) < 4.78 is 11.0. The van der Waals surface area contributed by atoms with E-state index in [4.69, 9.17) is 9.47 Å². The number of carbonyl (C=O) groups excluding carboxylic acids is 1. The summed E-state index contributed by atoms with van der Waals surface area (Å²) in [7, 11) is 0. The highest BCUT2D eigenvalue weighted by atomic mass is 16.5. The molecular weight excluding hydrogens is 344 g/mol. The van der Waals surface area contributed by atoms with Gasteiger partial charge in [-0.3, -0.25) is 4.79 Å². The highest BCUT2D eigenvalue weighted by Gasteiger charge is 2.44. The van der Waals surface area contributed by atoms with Crippen LogP contribution in [0, 0.1) is 5.92 Å². The standard InChI is InChI=1S/C21H24N2O4/c24-12-19(15-6-7-20(22-11-15)27-16-8-9-26-13-16)23-21(25)18-10-17(18)14-4-2-1-3-5-14/h1-7,11,16-19,24H,8-10,12-13H2,(H,23,25)/t16-,17?,18?,19-/m0/s1. The molecule has 1 aliphatic carbocycles. The molecule has 2 aromatic rings. The number of nitrogens with one attached hydrogen (secondary N) is 1. The van der Waals surface area contributed by atoms with Crippen molar-refractivity contribution in [2.24, 2.45) is 5.92 Å². The maximum Gasteiger partial charge on any atom is 0.224 e. The van der Waals surface area contributed by atoms with Crippen molar-refractivity contribution in [1.29, 1.82) is 0 Å². The molecule has 1 saturated carbocycles. The van der Waals surface area contributed by atoms with E-state index in [-0.39, 0.29) is 30.5 Å². The predicted octanol–water partition coefficient (Wildman–Crippen LogP) is 2.20. The van der Waals surface area contributed by atoms with Gasteiger partial charge < -0.3 is 19.9 Å². The fraction of sp³-hybridized carbons (Fsp3) is 0.429. The number of hydrogen-bond acceptors (Lipinski definition) is 5. The molecule has 2 N–H and O–H groups in total. The van der Waals surface area contributed by atoms with Crippen molar-refractivity contribution >= 4 is 5.91 Å². The summed E-state index contributed by atoms with van der Waals surface area (Å²) in [5, 5.41) is 12.7. The summed E-state index contributed by atoms with van der Waals surface area (Å²) in [4.78, 5) is 16.8. The first-order valence-electron chi connectivity index (χ1n) is 9.41. The van der Waals surface area contributed by atoms with Crippen LogP contribution in [0.3, 0.4) is 0 Å². The van der Waals surface area contributed by atoms with Crippen LogP contribution in [0.25, 0.3) is 0 Å². The van der Waals surface area contributed by atoms with E-state index < -0.39 is 6.04 Å². The number of hydrogen-bond donors (Lipinski definition) is 2. The maximum absolute atomic E-state index is 12.5. The van der Waals surface area contributed by atoms with Gasteiger partial charge in [0.2, 0.25) is 11.8 Å². The van der Waals surface area contributed by atoms with Crippen molar-refractivity contribution in [2.75, 3.05) is 19.8 Å². The Kier molecular flexibility index (Phi) is 5.36. The second-order valence-corrected chi connectivity index (χ2v) is 7.14. The van der Waals surface area contributed by atoms with Crippen molar-refractivity contribution in [2.45, 2.75) is 30.9 Å². The Morgan fingerprint density at radius 2 is 2.15 bits per heavy atom. The van der Waals surface area contributed by atoms with Gasteiger partial charge in [-0.2, -0.15) is 0 Å². The highest BCUT2D eigenvalue weighted by molar-refractivity contribution is 5.83. The van der Waals surface area contributed by atoms with Crippen molar-refractivity contribution in [3.63, 3.8) is 0 Å². The Balaban J connectivity index is 1.34. The maximum atomic E-state index is 12.5. The topological polar surface area (TPSA) is 80.7 Å². The molecule has 27 heavy (non-hydrogen) atoms. The van der Waals surface area contributed by atoms with Crippen LogP contribution in [0.1, 0.15) is 35.9 Å². The highest BCUT2D eigenvalue weighted by Crippen LogP contribution is 2.47. The van der Waals surface area contributed by atoms with E-state index in [1.165, 1.54) is 5.56 Å². The molecule has 2 heterocycles. The zero-order valence-electron chi connectivity index (χ0n) is 15.1. The lowest BCUT2D eigenvalue weighted by atomic mass is 10.1. The van der Waals surface area contributed by atoms with Crippen LogP contribution in [-0.2, 0) is 9.53 Å². The summed E-state index contributed by atoms with van der Waals surface area (Å²) in [6.07, 6.45) is 3.40. The minimum atomic E-state index is -0.467. The second kappa shape index (κ2) is 8.06. The first-order chi connectivity index (χ1) is 13.2. The number of benzene rings is 1. The molecule has 0 bridgehead atoms. The molecule has 1 saturated heterocycles. The van der Waals surface area contributed by atoms with Gasteiger partial charge in [0.05, 0.1) is 25.9 Å². The smallest absolute Gasteiger partial charge is 0.224 e. The van der Waals surface area contributed by atoms with Crippen molar-refractivity contribution in [1.82, 2.24) is 10.3 Å². The molecule has 1 aliphatic heterocycles. The first kappa shape index (κ1) is 17.9. The third-order valence-electron chi connectivity index (χ3n) is 5.19.